The van der Waals surface area contributed by atoms with Crippen LogP contribution in [0.3, 0.4) is 0 Å². The van der Waals surface area contributed by atoms with Gasteiger partial charge in [-0.25, -0.2) is 0 Å². The molecule has 0 heterocycles. The minimum Gasteiger partial charge on any atom is -0.0619 e. The van der Waals surface area contributed by atoms with Gasteiger partial charge in [0.25, 0.3) is 0 Å². The summed E-state index contributed by atoms with van der Waals surface area (Å²) < 4.78 is 2.62. The molecule has 3 rings (SSSR count). The molecule has 21 heavy (non-hydrogen) atoms. The Morgan fingerprint density at radius 2 is 1.05 bits per heavy atom. The van der Waals surface area contributed by atoms with Crippen molar-refractivity contribution >= 4 is 56.1 Å². The van der Waals surface area contributed by atoms with Crippen molar-refractivity contribution in [2.45, 2.75) is 14.7 Å². The quantitative estimate of drug-likeness (QED) is 0.297. The molecule has 0 saturated heterocycles. The Hall–Kier alpha value is -0.530. The van der Waals surface area contributed by atoms with Crippen molar-refractivity contribution in [3.8, 4) is 0 Å². The molecule has 0 atom stereocenters. The molecule has 0 aliphatic heterocycles. The van der Waals surface area contributed by atoms with E-state index in [0.29, 0.717) is 0 Å². The van der Waals surface area contributed by atoms with E-state index in [9.17, 15) is 0 Å². The van der Waals surface area contributed by atoms with Crippen molar-refractivity contribution in [1.82, 2.24) is 0 Å². The first-order valence-corrected chi connectivity index (χ1v) is 9.93. The lowest BCUT2D eigenvalue weighted by Crippen LogP contribution is -2.05. The molecule has 3 heteroatoms. The van der Waals surface area contributed by atoms with Gasteiger partial charge in [0.05, 0.1) is 10.9 Å². The summed E-state index contributed by atoms with van der Waals surface area (Å²) in [5.41, 5.74) is 0. The monoisotopic (exact) mass is 515 g/mol. The average molecular weight is 515 g/mol. The zero-order chi connectivity index (χ0) is 14.7. The lowest BCUT2D eigenvalue weighted by Gasteiger charge is -2.08. The van der Waals surface area contributed by atoms with Gasteiger partial charge in [0.15, 0.2) is 14.7 Å². The van der Waals surface area contributed by atoms with Crippen LogP contribution >= 0.6 is 45.2 Å². The van der Waals surface area contributed by atoms with E-state index in [-0.39, 0.29) is 10.9 Å². The summed E-state index contributed by atoms with van der Waals surface area (Å²) in [6.07, 6.45) is 0. The summed E-state index contributed by atoms with van der Waals surface area (Å²) in [5.74, 6) is 0. The Labute approximate surface area is 155 Å². The first-order chi connectivity index (χ1) is 10.3. The summed E-state index contributed by atoms with van der Waals surface area (Å²) in [6, 6.07) is 28.3. The highest BCUT2D eigenvalue weighted by molar-refractivity contribution is 14.1. The van der Waals surface area contributed by atoms with Gasteiger partial charge in [0.2, 0.25) is 0 Å². The molecule has 3 aromatic carbocycles. The standard InChI is InChI=1S/C18H13I2S/c19-17-12-11-16(13-18(17)20)21(14-7-3-1-4-8-14)15-9-5-2-6-10-15/h1-13H/q+1. The third kappa shape index (κ3) is 3.63. The number of hydrogen-bond acceptors (Lipinski definition) is 0. The van der Waals surface area contributed by atoms with Gasteiger partial charge in [0.1, 0.15) is 0 Å². The summed E-state index contributed by atoms with van der Waals surface area (Å²) in [5, 5.41) is 0. The summed E-state index contributed by atoms with van der Waals surface area (Å²) in [6.45, 7) is 0. The van der Waals surface area contributed by atoms with E-state index in [4.69, 9.17) is 0 Å². The first-order valence-electron chi connectivity index (χ1n) is 6.55. The minimum absolute atomic E-state index is 0.0413. The molecule has 3 aromatic rings. The van der Waals surface area contributed by atoms with Crippen LogP contribution in [0.2, 0.25) is 0 Å². The van der Waals surface area contributed by atoms with E-state index in [1.165, 1.54) is 21.8 Å². The topological polar surface area (TPSA) is 0 Å². The molecule has 0 bridgehead atoms. The average Bonchev–Trinajstić information content (AvgIpc) is 2.53. The summed E-state index contributed by atoms with van der Waals surface area (Å²) in [7, 11) is -0.0413. The van der Waals surface area contributed by atoms with Crippen LogP contribution in [0.15, 0.2) is 93.5 Å². The molecule has 0 fully saturated rings. The summed E-state index contributed by atoms with van der Waals surface area (Å²) in [4.78, 5) is 4.10. The molecule has 0 N–H and O–H groups in total. The maximum Gasteiger partial charge on any atom is 0.167 e. The third-order valence-corrected chi connectivity index (χ3v) is 8.16. The maximum absolute atomic E-state index is 2.42. The zero-order valence-corrected chi connectivity index (χ0v) is 16.3. The van der Waals surface area contributed by atoms with Crippen LogP contribution in [0, 0.1) is 7.14 Å². The second-order valence-corrected chi connectivity index (χ2v) is 8.86. The van der Waals surface area contributed by atoms with Gasteiger partial charge in [-0.05, 0) is 81.6 Å². The van der Waals surface area contributed by atoms with Crippen LogP contribution < -0.4 is 0 Å². The molecule has 0 aliphatic rings. The molecule has 0 radical (unpaired) electrons. The van der Waals surface area contributed by atoms with E-state index in [0.717, 1.165) is 0 Å². The minimum atomic E-state index is -0.0413. The Morgan fingerprint density at radius 3 is 1.52 bits per heavy atom. The smallest absolute Gasteiger partial charge is 0.0619 e. The largest absolute Gasteiger partial charge is 0.167 e. The van der Waals surface area contributed by atoms with Gasteiger partial charge in [-0.15, -0.1) is 0 Å². The van der Waals surface area contributed by atoms with Crippen molar-refractivity contribution in [3.05, 3.63) is 86.0 Å². The molecule has 0 aromatic heterocycles. The number of hydrogen-bond donors (Lipinski definition) is 0. The number of benzene rings is 3. The predicted octanol–water partition coefficient (Wildman–Crippen LogP) is 5.99. The van der Waals surface area contributed by atoms with Crippen molar-refractivity contribution in [2.24, 2.45) is 0 Å². The molecular weight excluding hydrogens is 502 g/mol. The molecule has 0 nitrogen and oxygen atoms in total. The highest BCUT2D eigenvalue weighted by Crippen LogP contribution is 2.32. The van der Waals surface area contributed by atoms with E-state index in [1.54, 1.807) is 0 Å². The lowest BCUT2D eigenvalue weighted by molar-refractivity contribution is 1.30. The Kier molecular flexibility index (Phi) is 5.24. The SMILES string of the molecule is Ic1ccc([S+](c2ccccc2)c2ccccc2)cc1I. The van der Waals surface area contributed by atoms with Crippen molar-refractivity contribution in [1.29, 1.82) is 0 Å². The van der Waals surface area contributed by atoms with Gasteiger partial charge >= 0.3 is 0 Å². The highest BCUT2D eigenvalue weighted by Gasteiger charge is 2.28. The summed E-state index contributed by atoms with van der Waals surface area (Å²) >= 11 is 4.81. The molecule has 104 valence electrons. The molecule has 0 saturated carbocycles. The van der Waals surface area contributed by atoms with Crippen LogP contribution in [-0.4, -0.2) is 0 Å². The Morgan fingerprint density at radius 1 is 0.524 bits per heavy atom. The second kappa shape index (κ2) is 7.15. The van der Waals surface area contributed by atoms with E-state index >= 15 is 0 Å². The van der Waals surface area contributed by atoms with Gasteiger partial charge in [0, 0.05) is 13.2 Å². The van der Waals surface area contributed by atoms with Crippen molar-refractivity contribution < 1.29 is 0 Å². The fourth-order valence-corrected chi connectivity index (χ4v) is 5.30. The van der Waals surface area contributed by atoms with E-state index < -0.39 is 0 Å². The third-order valence-electron chi connectivity index (χ3n) is 3.08. The van der Waals surface area contributed by atoms with Gasteiger partial charge < -0.3 is 0 Å². The number of halogens is 2. The van der Waals surface area contributed by atoms with Gasteiger partial charge in [-0.2, -0.15) is 0 Å². The lowest BCUT2D eigenvalue weighted by atomic mass is 10.4. The first kappa shape index (κ1) is 15.4. The Bertz CT molecular complexity index is 687. The van der Waals surface area contributed by atoms with Crippen molar-refractivity contribution in [3.63, 3.8) is 0 Å². The fraction of sp³-hybridized carbons (Fsp3) is 0. The van der Waals surface area contributed by atoms with Crippen LogP contribution in [0.5, 0.6) is 0 Å². The fourth-order valence-electron chi connectivity index (χ4n) is 2.13. The van der Waals surface area contributed by atoms with Gasteiger partial charge in [-0.1, -0.05) is 36.4 Å². The van der Waals surface area contributed by atoms with Crippen LogP contribution in [-0.2, 0) is 10.9 Å². The van der Waals surface area contributed by atoms with Crippen molar-refractivity contribution in [2.75, 3.05) is 0 Å². The van der Waals surface area contributed by atoms with E-state index in [2.05, 4.69) is 124 Å². The second-order valence-electron chi connectivity index (χ2n) is 4.51. The molecule has 0 aliphatic carbocycles. The van der Waals surface area contributed by atoms with Crippen LogP contribution in [0.1, 0.15) is 0 Å². The zero-order valence-electron chi connectivity index (χ0n) is 11.2. The number of rotatable bonds is 3. The van der Waals surface area contributed by atoms with Crippen LogP contribution in [0.25, 0.3) is 0 Å². The maximum atomic E-state index is 2.42. The highest BCUT2D eigenvalue weighted by atomic mass is 127. The molecule has 0 amide bonds. The van der Waals surface area contributed by atoms with Crippen LogP contribution in [0.4, 0.5) is 0 Å². The predicted molar refractivity (Wildman–Crippen MR) is 107 cm³/mol. The molecule has 0 unspecified atom stereocenters. The molecular formula is C18H13I2S+. The Balaban J connectivity index is 2.14. The van der Waals surface area contributed by atoms with E-state index in [1.807, 2.05) is 0 Å². The normalized spacial score (nSPS) is 10.8. The molecule has 0 spiro atoms. The van der Waals surface area contributed by atoms with Gasteiger partial charge in [-0.3, -0.25) is 0 Å².